The van der Waals surface area contributed by atoms with E-state index in [1.54, 1.807) is 63.2 Å². The summed E-state index contributed by atoms with van der Waals surface area (Å²) in [6.07, 6.45) is 7.60. The second-order valence-corrected chi connectivity index (χ2v) is 15.5. The van der Waals surface area contributed by atoms with Crippen LogP contribution in [0.15, 0.2) is 54.2 Å². The van der Waals surface area contributed by atoms with Gasteiger partial charge in [0.15, 0.2) is 0 Å². The van der Waals surface area contributed by atoms with Crippen molar-refractivity contribution in [3.05, 3.63) is 71.4 Å². The fourth-order valence-electron chi connectivity index (χ4n) is 7.39. The number of methoxy groups -OCH3 is 1. The first-order chi connectivity index (χ1) is 26.3. The maximum absolute atomic E-state index is 14.9. The Kier molecular flexibility index (Phi) is 19.5. The molecule has 0 saturated carbocycles. The number of halogens is 2. The number of rotatable bonds is 15. The molecule has 56 heavy (non-hydrogen) atoms. The average molecular weight is 796 g/mol. The van der Waals surface area contributed by atoms with Crippen LogP contribution in [0.4, 0.5) is 8.78 Å². The fraction of sp³-hybridized carbons (Fsp3) is 0.643. The smallest absolute Gasteiger partial charge is 0.306 e. The van der Waals surface area contributed by atoms with E-state index in [2.05, 4.69) is 0 Å². The normalized spacial score (nSPS) is 29.3. The summed E-state index contributed by atoms with van der Waals surface area (Å²) in [6, 6.07) is 2.56. The van der Waals surface area contributed by atoms with Crippen LogP contribution in [0.25, 0.3) is 0 Å². The number of nitrogens with zero attached hydrogens (tertiary/aromatic N) is 1. The zero-order valence-electron chi connectivity index (χ0n) is 34.2. The molecule has 0 aliphatic carbocycles. The van der Waals surface area contributed by atoms with E-state index in [-0.39, 0.29) is 74.1 Å². The third kappa shape index (κ3) is 14.4. The van der Waals surface area contributed by atoms with Crippen molar-refractivity contribution in [1.82, 2.24) is 4.90 Å². The number of hydrogen-bond acceptors (Lipinski definition) is 11. The number of carbonyl (C=O) groups is 3. The number of aliphatic hydroxyl groups is 3. The number of benzene rings is 1. The zero-order valence-corrected chi connectivity index (χ0v) is 34.2. The summed E-state index contributed by atoms with van der Waals surface area (Å²) in [5.41, 5.74) is -2.07. The Morgan fingerprint density at radius 3 is 2.43 bits per heavy atom. The van der Waals surface area contributed by atoms with Crippen molar-refractivity contribution < 1.29 is 62.5 Å². The third-order valence-electron chi connectivity index (χ3n) is 10.6. The summed E-state index contributed by atoms with van der Waals surface area (Å²) in [5, 5.41) is 40.4. The summed E-state index contributed by atoms with van der Waals surface area (Å²) in [5.74, 6) is -2.87. The van der Waals surface area contributed by atoms with Crippen LogP contribution in [-0.4, -0.2) is 112 Å². The molecule has 1 fully saturated rings. The van der Waals surface area contributed by atoms with Crippen molar-refractivity contribution in [2.45, 2.75) is 135 Å². The molecule has 3 unspecified atom stereocenters. The topological polar surface area (TPSA) is 176 Å². The van der Waals surface area contributed by atoms with Crippen molar-refractivity contribution in [3.63, 3.8) is 0 Å². The Labute approximate surface area is 330 Å². The largest absolute Gasteiger partial charge is 0.483 e. The highest BCUT2D eigenvalue weighted by atomic mass is 19.1. The molecule has 316 valence electrons. The van der Waals surface area contributed by atoms with Crippen molar-refractivity contribution in [3.8, 4) is 0 Å². The number of hydrogen-bond donors (Lipinski definition) is 4. The van der Waals surface area contributed by atoms with Crippen molar-refractivity contribution in [2.24, 2.45) is 17.8 Å². The molecule has 2 aliphatic heterocycles. The molecule has 0 amide bonds. The lowest BCUT2D eigenvalue weighted by Gasteiger charge is -2.39. The Morgan fingerprint density at radius 2 is 1.86 bits per heavy atom. The molecule has 0 spiro atoms. The lowest BCUT2D eigenvalue weighted by atomic mass is 9.85. The first kappa shape index (κ1) is 48.6. The van der Waals surface area contributed by atoms with Crippen molar-refractivity contribution >= 4 is 18.4 Å². The number of ether oxygens (including phenoxy) is 4. The van der Waals surface area contributed by atoms with Crippen LogP contribution in [0.5, 0.6) is 0 Å². The summed E-state index contributed by atoms with van der Waals surface area (Å²) >= 11 is 0. The standard InChI is InChI=1S/C41H61F2NO9.CH2O2/c1-10-33(50-9)28(5)37-38(53-37)39(44(20-21-45)24-30-14-15-31(42)23-32(30)43)41(8,49)18-11-12-26(3)36-27(4)13-16-34(51-29(6)46)40(7,48)19-17-25(2)22-35(47)52-36;2-1-3/h11-16,18,23,25,27-28,33-34,36-39,45,48-49H,10,17,19-22,24H2,1-9H3;1H,(H,2,3)/b16-13+,18-11+,26-12+;/t25-,27+,28-,33+,34+,36?,37-,38+,39?,40-,41?;/m1./s1. The molecule has 2 aliphatic rings. The first-order valence-electron chi connectivity index (χ1n) is 19.2. The number of allylic oxidation sites excluding steroid dienone is 2. The highest BCUT2D eigenvalue weighted by Gasteiger charge is 2.56. The summed E-state index contributed by atoms with van der Waals surface area (Å²) < 4.78 is 52.1. The van der Waals surface area contributed by atoms with Crippen LogP contribution in [0.1, 0.15) is 86.6 Å². The third-order valence-corrected chi connectivity index (χ3v) is 10.6. The monoisotopic (exact) mass is 795 g/mol. The molecule has 3 rings (SSSR count). The Hall–Kier alpha value is -3.53. The minimum atomic E-state index is -1.59. The molecular weight excluding hydrogens is 732 g/mol. The van der Waals surface area contributed by atoms with Crippen LogP contribution in [0.2, 0.25) is 0 Å². The summed E-state index contributed by atoms with van der Waals surface area (Å²) in [4.78, 5) is 35.1. The lowest BCUT2D eigenvalue weighted by Crippen LogP contribution is -2.55. The van der Waals surface area contributed by atoms with Gasteiger partial charge in [0.1, 0.15) is 35.5 Å². The summed E-state index contributed by atoms with van der Waals surface area (Å²) in [6.45, 7) is 13.6. The van der Waals surface area contributed by atoms with E-state index in [1.807, 2.05) is 27.7 Å². The minimum Gasteiger partial charge on any atom is -0.483 e. The second-order valence-electron chi connectivity index (χ2n) is 15.5. The fourth-order valence-corrected chi connectivity index (χ4v) is 7.39. The predicted molar refractivity (Wildman–Crippen MR) is 206 cm³/mol. The van der Waals surface area contributed by atoms with Crippen LogP contribution < -0.4 is 0 Å². The molecule has 0 bridgehead atoms. The molecule has 1 aromatic carbocycles. The van der Waals surface area contributed by atoms with Crippen LogP contribution in [-0.2, 0) is 39.9 Å². The predicted octanol–water partition coefficient (Wildman–Crippen LogP) is 5.52. The van der Waals surface area contributed by atoms with E-state index in [0.29, 0.717) is 18.4 Å². The van der Waals surface area contributed by atoms with Gasteiger partial charge in [0.25, 0.3) is 6.47 Å². The van der Waals surface area contributed by atoms with Gasteiger partial charge in [-0.15, -0.1) is 0 Å². The van der Waals surface area contributed by atoms with Gasteiger partial charge in [0, 0.05) is 57.0 Å². The van der Waals surface area contributed by atoms with E-state index in [0.717, 1.165) is 12.5 Å². The number of cyclic esters (lactones) is 1. The van der Waals surface area contributed by atoms with Gasteiger partial charge in [-0.05, 0) is 63.7 Å². The molecule has 12 nitrogen and oxygen atoms in total. The molecule has 1 saturated heterocycles. The van der Waals surface area contributed by atoms with Gasteiger partial charge in [-0.1, -0.05) is 58.1 Å². The lowest BCUT2D eigenvalue weighted by molar-refractivity contribution is -0.156. The number of esters is 2. The molecule has 14 heteroatoms. The van der Waals surface area contributed by atoms with Gasteiger partial charge in [-0.2, -0.15) is 0 Å². The Balaban J connectivity index is 0.00000349. The molecule has 1 aromatic rings. The van der Waals surface area contributed by atoms with Gasteiger partial charge in [-0.3, -0.25) is 19.3 Å². The van der Waals surface area contributed by atoms with Gasteiger partial charge in [0.05, 0.1) is 30.5 Å². The highest BCUT2D eigenvalue weighted by Crippen LogP contribution is 2.41. The number of carbonyl (C=O) groups excluding carboxylic acids is 2. The highest BCUT2D eigenvalue weighted by molar-refractivity contribution is 5.70. The number of epoxide rings is 1. The van der Waals surface area contributed by atoms with Gasteiger partial charge in [0.2, 0.25) is 0 Å². The van der Waals surface area contributed by atoms with Gasteiger partial charge < -0.3 is 39.4 Å². The molecule has 0 aromatic heterocycles. The minimum absolute atomic E-state index is 0.0276. The van der Waals surface area contributed by atoms with Crippen molar-refractivity contribution in [2.75, 3.05) is 20.3 Å². The maximum Gasteiger partial charge on any atom is 0.306 e. The second kappa shape index (κ2) is 22.4. The average Bonchev–Trinajstić information content (AvgIpc) is 3.89. The molecule has 0 radical (unpaired) electrons. The van der Waals surface area contributed by atoms with E-state index in [1.165, 1.54) is 19.1 Å². The number of aliphatic hydroxyl groups excluding tert-OH is 1. The van der Waals surface area contributed by atoms with E-state index >= 15 is 0 Å². The Morgan fingerprint density at radius 1 is 1.20 bits per heavy atom. The zero-order chi connectivity index (χ0) is 42.4. The van der Waals surface area contributed by atoms with Crippen molar-refractivity contribution in [1.29, 1.82) is 0 Å². The van der Waals surface area contributed by atoms with E-state index < -0.39 is 53.2 Å². The van der Waals surface area contributed by atoms with E-state index in [4.69, 9.17) is 28.8 Å². The van der Waals surface area contributed by atoms with Gasteiger partial charge in [-0.25, -0.2) is 8.78 Å². The molecule has 2 heterocycles. The number of carboxylic acid groups (broad SMARTS) is 1. The van der Waals surface area contributed by atoms with Crippen LogP contribution in [0, 0.1) is 29.4 Å². The van der Waals surface area contributed by atoms with Crippen LogP contribution in [0.3, 0.4) is 0 Å². The first-order valence-corrected chi connectivity index (χ1v) is 19.2. The summed E-state index contributed by atoms with van der Waals surface area (Å²) in [7, 11) is 1.64. The maximum atomic E-state index is 14.9. The van der Waals surface area contributed by atoms with Crippen LogP contribution >= 0.6 is 0 Å². The quantitative estimate of drug-likeness (QED) is 0.0577. The molecular formula is C42H63F2NO11. The molecule has 11 atom stereocenters. The Bertz CT molecular complexity index is 1510. The molecule has 4 N–H and O–H groups in total. The SMILES string of the molecule is CC[C@H](OC)[C@@H](C)[C@H]1O[C@@H]1C(N(CCO)Cc1ccc(F)cc1F)C(C)(O)/C=C/C=C(\C)C1OC(=O)C[C@H](C)CC[C@@](C)(O)[C@@H](OC(C)=O)/C=C/[C@@H]1C.O=CO. The van der Waals surface area contributed by atoms with Gasteiger partial charge >= 0.3 is 11.9 Å². The van der Waals surface area contributed by atoms with E-state index in [9.17, 15) is 33.7 Å².